The summed E-state index contributed by atoms with van der Waals surface area (Å²) in [7, 11) is 0. The summed E-state index contributed by atoms with van der Waals surface area (Å²) < 4.78 is 0. The largest absolute Gasteiger partial charge is 0.252 e. The van der Waals surface area contributed by atoms with Crippen LogP contribution < -0.4 is 0 Å². The third-order valence-corrected chi connectivity index (χ3v) is 4.96. The monoisotopic (exact) mass is 402 g/mol. The molecule has 0 aliphatic carbocycles. The fourth-order valence-corrected chi connectivity index (χ4v) is 3.39. The summed E-state index contributed by atoms with van der Waals surface area (Å²) in [5.41, 5.74) is 6.75. The number of rotatable bonds is 2. The zero-order chi connectivity index (χ0) is 19.1. The Labute approximate surface area is 170 Å². The molecule has 0 aliphatic heterocycles. The molecule has 0 bridgehead atoms. The summed E-state index contributed by atoms with van der Waals surface area (Å²) in [6.07, 6.45) is 3.51. The minimum Gasteiger partial charge on any atom is -0.252 e. The number of hydrogen-bond acceptors (Lipinski definition) is 4. The molecule has 28 heavy (non-hydrogen) atoms. The molecule has 134 valence electrons. The molecule has 5 aromatic rings. The Hall–Kier alpha value is -3.08. The number of aromatic nitrogens is 4. The molecule has 6 heteroatoms. The summed E-state index contributed by atoms with van der Waals surface area (Å²) in [5.74, 6) is 0. The van der Waals surface area contributed by atoms with Gasteiger partial charge in [0, 0.05) is 21.2 Å². The van der Waals surface area contributed by atoms with E-state index in [1.165, 1.54) is 0 Å². The van der Waals surface area contributed by atoms with E-state index >= 15 is 0 Å². The van der Waals surface area contributed by atoms with Gasteiger partial charge >= 0.3 is 0 Å². The molecule has 2 heterocycles. The predicted molar refractivity (Wildman–Crippen MR) is 114 cm³/mol. The lowest BCUT2D eigenvalue weighted by Crippen LogP contribution is -1.90. The van der Waals surface area contributed by atoms with Crippen molar-refractivity contribution < 1.29 is 0 Å². The van der Waals surface area contributed by atoms with Crippen LogP contribution in [-0.4, -0.2) is 19.9 Å². The number of halogens is 2. The number of hydrogen-bond donors (Lipinski definition) is 0. The molecule has 0 spiro atoms. The maximum Gasteiger partial charge on any atom is 0.0902 e. The first-order valence-corrected chi connectivity index (χ1v) is 9.37. The van der Waals surface area contributed by atoms with E-state index in [1.807, 2.05) is 60.7 Å². The van der Waals surface area contributed by atoms with Crippen molar-refractivity contribution in [2.75, 3.05) is 0 Å². The lowest BCUT2D eigenvalue weighted by atomic mass is 10.1. The second-order valence-electron chi connectivity index (χ2n) is 6.35. The van der Waals surface area contributed by atoms with Crippen LogP contribution in [0, 0.1) is 0 Å². The zero-order valence-corrected chi connectivity index (χ0v) is 16.0. The molecule has 0 atom stereocenters. The van der Waals surface area contributed by atoms with Gasteiger partial charge in [-0.2, -0.15) is 0 Å². The van der Waals surface area contributed by atoms with E-state index in [9.17, 15) is 0 Å². The van der Waals surface area contributed by atoms with Crippen LogP contribution in [0.4, 0.5) is 0 Å². The Balaban J connectivity index is 1.50. The highest BCUT2D eigenvalue weighted by Crippen LogP contribution is 2.25. The van der Waals surface area contributed by atoms with E-state index in [2.05, 4.69) is 19.9 Å². The van der Waals surface area contributed by atoms with E-state index in [1.54, 1.807) is 12.4 Å². The second kappa shape index (κ2) is 6.82. The van der Waals surface area contributed by atoms with Gasteiger partial charge in [0.15, 0.2) is 0 Å². The highest BCUT2D eigenvalue weighted by molar-refractivity contribution is 6.31. The van der Waals surface area contributed by atoms with Crippen molar-refractivity contribution in [1.29, 1.82) is 0 Å². The van der Waals surface area contributed by atoms with Gasteiger partial charge in [-0.3, -0.25) is 9.97 Å². The predicted octanol–water partition coefficient (Wildman–Crippen LogP) is 6.21. The third-order valence-electron chi connectivity index (χ3n) is 4.48. The normalized spacial score (nSPS) is 11.2. The van der Waals surface area contributed by atoms with Gasteiger partial charge in [0.05, 0.1) is 45.8 Å². The molecule has 0 N–H and O–H groups in total. The van der Waals surface area contributed by atoms with Crippen LogP contribution in [0.15, 0.2) is 73.1 Å². The average Bonchev–Trinajstić information content (AvgIpc) is 2.73. The first-order valence-electron chi connectivity index (χ1n) is 8.61. The van der Waals surface area contributed by atoms with Gasteiger partial charge in [0.1, 0.15) is 0 Å². The lowest BCUT2D eigenvalue weighted by molar-refractivity contribution is 1.28. The van der Waals surface area contributed by atoms with Crippen molar-refractivity contribution in [2.24, 2.45) is 0 Å². The van der Waals surface area contributed by atoms with Crippen LogP contribution in [0.2, 0.25) is 10.0 Å². The first-order chi connectivity index (χ1) is 13.7. The minimum absolute atomic E-state index is 0.651. The highest BCUT2D eigenvalue weighted by Gasteiger charge is 2.07. The van der Waals surface area contributed by atoms with Crippen molar-refractivity contribution in [2.45, 2.75) is 0 Å². The summed E-state index contributed by atoms with van der Waals surface area (Å²) in [4.78, 5) is 18.3. The summed E-state index contributed by atoms with van der Waals surface area (Å²) >= 11 is 12.0. The van der Waals surface area contributed by atoms with Gasteiger partial charge in [-0.25, -0.2) is 9.97 Å². The molecule has 0 aliphatic rings. The molecule has 0 saturated heterocycles. The molecule has 0 amide bonds. The van der Waals surface area contributed by atoms with Crippen molar-refractivity contribution in [3.63, 3.8) is 0 Å². The van der Waals surface area contributed by atoms with Crippen molar-refractivity contribution >= 4 is 45.3 Å². The van der Waals surface area contributed by atoms with Gasteiger partial charge in [0.25, 0.3) is 0 Å². The Bertz CT molecular complexity index is 1230. The lowest BCUT2D eigenvalue weighted by Gasteiger charge is -2.06. The number of fused-ring (bicyclic) bond motifs is 2. The molecule has 0 fully saturated rings. The molecular weight excluding hydrogens is 391 g/mol. The first kappa shape index (κ1) is 17.0. The standard InChI is InChI=1S/C22H12Cl2N4/c23-15-5-7-17-19(9-15)25-11-21(27-17)13-1-2-14(4-3-13)22-12-26-20-10-16(24)6-8-18(20)28-22/h1-12H. The van der Waals surface area contributed by atoms with E-state index in [0.29, 0.717) is 10.0 Å². The Morgan fingerprint density at radius 2 is 0.929 bits per heavy atom. The second-order valence-corrected chi connectivity index (χ2v) is 7.23. The Morgan fingerprint density at radius 1 is 0.500 bits per heavy atom. The minimum atomic E-state index is 0.651. The molecular formula is C22H12Cl2N4. The summed E-state index contributed by atoms with van der Waals surface area (Å²) in [6.45, 7) is 0. The van der Waals surface area contributed by atoms with Gasteiger partial charge in [-0.1, -0.05) is 47.5 Å². The van der Waals surface area contributed by atoms with Crippen LogP contribution in [0.25, 0.3) is 44.6 Å². The molecule has 5 rings (SSSR count). The number of benzene rings is 3. The van der Waals surface area contributed by atoms with Gasteiger partial charge < -0.3 is 0 Å². The molecule has 3 aromatic carbocycles. The van der Waals surface area contributed by atoms with Crippen molar-refractivity contribution in [3.05, 3.63) is 83.1 Å². The SMILES string of the molecule is Clc1ccc2nc(-c3ccc(-c4cnc5cc(Cl)ccc5n4)cc3)cnc2c1. The maximum atomic E-state index is 6.01. The Morgan fingerprint density at radius 3 is 1.36 bits per heavy atom. The van der Waals surface area contributed by atoms with Crippen molar-refractivity contribution in [1.82, 2.24) is 19.9 Å². The van der Waals surface area contributed by atoms with E-state index in [0.717, 1.165) is 44.6 Å². The fraction of sp³-hybridized carbons (Fsp3) is 0. The van der Waals surface area contributed by atoms with Crippen LogP contribution in [0.1, 0.15) is 0 Å². The smallest absolute Gasteiger partial charge is 0.0902 e. The van der Waals surface area contributed by atoms with Crippen molar-refractivity contribution in [3.8, 4) is 22.5 Å². The quantitative estimate of drug-likeness (QED) is 0.351. The van der Waals surface area contributed by atoms with E-state index < -0.39 is 0 Å². The molecule has 4 nitrogen and oxygen atoms in total. The van der Waals surface area contributed by atoms with Gasteiger partial charge in [-0.05, 0) is 36.4 Å². The number of nitrogens with zero attached hydrogens (tertiary/aromatic N) is 4. The molecule has 0 unspecified atom stereocenters. The van der Waals surface area contributed by atoms with Gasteiger partial charge in [-0.15, -0.1) is 0 Å². The van der Waals surface area contributed by atoms with Crippen LogP contribution in [0.5, 0.6) is 0 Å². The Kier molecular flexibility index (Phi) is 4.15. The summed E-state index contributed by atoms with van der Waals surface area (Å²) in [5, 5.41) is 1.30. The topological polar surface area (TPSA) is 51.6 Å². The van der Waals surface area contributed by atoms with Crippen LogP contribution in [0.3, 0.4) is 0 Å². The van der Waals surface area contributed by atoms with Gasteiger partial charge in [0.2, 0.25) is 0 Å². The van der Waals surface area contributed by atoms with Crippen LogP contribution >= 0.6 is 23.2 Å². The zero-order valence-electron chi connectivity index (χ0n) is 14.5. The molecule has 0 saturated carbocycles. The summed E-state index contributed by atoms with van der Waals surface area (Å²) in [6, 6.07) is 19.0. The van der Waals surface area contributed by atoms with E-state index in [4.69, 9.17) is 23.2 Å². The molecule has 2 aromatic heterocycles. The fourth-order valence-electron chi connectivity index (χ4n) is 3.06. The van der Waals surface area contributed by atoms with E-state index in [-0.39, 0.29) is 0 Å². The average molecular weight is 403 g/mol. The van der Waals surface area contributed by atoms with Crippen LogP contribution in [-0.2, 0) is 0 Å². The highest BCUT2D eigenvalue weighted by atomic mass is 35.5. The third kappa shape index (κ3) is 3.17. The molecule has 0 radical (unpaired) electrons. The maximum absolute atomic E-state index is 6.01.